The molecule has 0 radical (unpaired) electrons. The highest BCUT2D eigenvalue weighted by molar-refractivity contribution is 8.00. The van der Waals surface area contributed by atoms with Gasteiger partial charge in [-0.3, -0.25) is 4.79 Å². The van der Waals surface area contributed by atoms with Crippen LogP contribution in [0, 0.1) is 13.8 Å². The zero-order valence-electron chi connectivity index (χ0n) is 14.2. The van der Waals surface area contributed by atoms with Crippen LogP contribution in [0.1, 0.15) is 16.7 Å². The first-order chi connectivity index (χ1) is 11.5. The molecule has 1 amide bonds. The average molecular weight is 343 g/mol. The first-order valence-corrected chi connectivity index (χ1v) is 8.84. The second-order valence-electron chi connectivity index (χ2n) is 6.00. The van der Waals surface area contributed by atoms with Crippen LogP contribution in [0.2, 0.25) is 0 Å². The average Bonchev–Trinajstić information content (AvgIpc) is 3.03. The minimum absolute atomic E-state index is 0.110. The fourth-order valence-corrected chi connectivity index (χ4v) is 3.58. The summed E-state index contributed by atoms with van der Waals surface area (Å²) in [6, 6.07) is 12.1. The van der Waals surface area contributed by atoms with Gasteiger partial charge in [-0.15, -0.1) is 11.8 Å². The summed E-state index contributed by atoms with van der Waals surface area (Å²) in [6.45, 7) is 4.96. The molecular formula is C19H21NO3S. The van der Waals surface area contributed by atoms with Crippen LogP contribution in [-0.4, -0.2) is 30.4 Å². The lowest BCUT2D eigenvalue weighted by Crippen LogP contribution is -2.27. The number of thioether (sulfide) groups is 1. The molecule has 1 aliphatic heterocycles. The third kappa shape index (κ3) is 3.85. The van der Waals surface area contributed by atoms with Gasteiger partial charge in [0.25, 0.3) is 0 Å². The van der Waals surface area contributed by atoms with E-state index in [1.165, 1.54) is 16.0 Å². The highest BCUT2D eigenvalue weighted by atomic mass is 32.2. The van der Waals surface area contributed by atoms with E-state index in [-0.39, 0.29) is 12.7 Å². The van der Waals surface area contributed by atoms with E-state index in [0.717, 1.165) is 17.1 Å². The second kappa shape index (κ2) is 7.18. The summed E-state index contributed by atoms with van der Waals surface area (Å²) in [5.41, 5.74) is 3.45. The molecule has 2 aromatic rings. The molecule has 0 N–H and O–H groups in total. The Balaban J connectivity index is 1.57. The number of fused-ring (bicyclic) bond motifs is 1. The molecule has 0 saturated heterocycles. The number of carbonyl (C=O) groups excluding carboxylic acids is 1. The lowest BCUT2D eigenvalue weighted by molar-refractivity contribution is -0.127. The molecule has 0 saturated carbocycles. The van der Waals surface area contributed by atoms with E-state index < -0.39 is 0 Å². The molecule has 126 valence electrons. The molecule has 2 aromatic carbocycles. The van der Waals surface area contributed by atoms with Crippen molar-refractivity contribution < 1.29 is 14.3 Å². The van der Waals surface area contributed by atoms with Crippen molar-refractivity contribution >= 4 is 17.7 Å². The van der Waals surface area contributed by atoms with Crippen molar-refractivity contribution in [3.63, 3.8) is 0 Å². The summed E-state index contributed by atoms with van der Waals surface area (Å²) in [7, 11) is 1.83. The Bertz CT molecular complexity index is 760. The van der Waals surface area contributed by atoms with Crippen LogP contribution >= 0.6 is 11.8 Å². The Hall–Kier alpha value is -2.14. The van der Waals surface area contributed by atoms with Crippen LogP contribution in [0.25, 0.3) is 0 Å². The largest absolute Gasteiger partial charge is 0.454 e. The van der Waals surface area contributed by atoms with Gasteiger partial charge in [-0.05, 0) is 43.2 Å². The molecule has 0 atom stereocenters. The number of benzene rings is 2. The SMILES string of the molecule is Cc1ccc(C)c(SCC(=O)N(C)Cc2ccc3c(c2)OCO3)c1. The van der Waals surface area contributed by atoms with Gasteiger partial charge in [0.1, 0.15) is 0 Å². The lowest BCUT2D eigenvalue weighted by atomic mass is 10.2. The van der Waals surface area contributed by atoms with E-state index >= 15 is 0 Å². The number of ether oxygens (including phenoxy) is 2. The smallest absolute Gasteiger partial charge is 0.232 e. The summed E-state index contributed by atoms with van der Waals surface area (Å²) >= 11 is 1.59. The van der Waals surface area contributed by atoms with Crippen molar-refractivity contribution in [1.82, 2.24) is 4.90 Å². The predicted octanol–water partition coefficient (Wildman–Crippen LogP) is 3.78. The molecule has 1 heterocycles. The highest BCUT2D eigenvalue weighted by Gasteiger charge is 2.15. The maximum atomic E-state index is 12.4. The molecule has 0 bridgehead atoms. The normalized spacial score (nSPS) is 12.3. The Morgan fingerprint density at radius 1 is 1.12 bits per heavy atom. The van der Waals surface area contributed by atoms with Crippen LogP contribution in [0.15, 0.2) is 41.3 Å². The molecule has 3 rings (SSSR count). The standard InChI is InChI=1S/C19H21NO3S/c1-13-4-5-14(2)18(8-13)24-11-19(21)20(3)10-15-6-7-16-17(9-15)23-12-22-16/h4-9H,10-12H2,1-3H3. The van der Waals surface area contributed by atoms with Crippen LogP contribution in [0.5, 0.6) is 11.5 Å². The zero-order chi connectivity index (χ0) is 17.1. The molecule has 0 unspecified atom stereocenters. The van der Waals surface area contributed by atoms with Gasteiger partial charge < -0.3 is 14.4 Å². The van der Waals surface area contributed by atoms with Gasteiger partial charge in [0.15, 0.2) is 11.5 Å². The van der Waals surface area contributed by atoms with E-state index in [1.807, 2.05) is 25.2 Å². The van der Waals surface area contributed by atoms with Crippen molar-refractivity contribution in [2.75, 3.05) is 19.6 Å². The number of amides is 1. The van der Waals surface area contributed by atoms with E-state index in [0.29, 0.717) is 12.3 Å². The Morgan fingerprint density at radius 2 is 1.92 bits per heavy atom. The number of aryl methyl sites for hydroxylation is 2. The third-order valence-corrected chi connectivity index (χ3v) is 5.12. The molecule has 5 heteroatoms. The van der Waals surface area contributed by atoms with Crippen molar-refractivity contribution in [2.45, 2.75) is 25.3 Å². The molecule has 0 spiro atoms. The summed E-state index contributed by atoms with van der Waals surface area (Å²) in [6.07, 6.45) is 0. The van der Waals surface area contributed by atoms with E-state index in [2.05, 4.69) is 32.0 Å². The van der Waals surface area contributed by atoms with Crippen LogP contribution < -0.4 is 9.47 Å². The van der Waals surface area contributed by atoms with Gasteiger partial charge in [0, 0.05) is 18.5 Å². The van der Waals surface area contributed by atoms with Crippen molar-refractivity contribution in [3.05, 3.63) is 53.1 Å². The van der Waals surface area contributed by atoms with Crippen molar-refractivity contribution in [2.24, 2.45) is 0 Å². The minimum Gasteiger partial charge on any atom is -0.454 e. The first-order valence-electron chi connectivity index (χ1n) is 7.85. The highest BCUT2D eigenvalue weighted by Crippen LogP contribution is 2.32. The molecule has 4 nitrogen and oxygen atoms in total. The van der Waals surface area contributed by atoms with Crippen LogP contribution in [0.4, 0.5) is 0 Å². The Labute approximate surface area is 146 Å². The Morgan fingerprint density at radius 3 is 2.75 bits per heavy atom. The van der Waals surface area contributed by atoms with Gasteiger partial charge in [0.05, 0.1) is 5.75 Å². The Kier molecular flexibility index (Phi) is 5.00. The lowest BCUT2D eigenvalue weighted by Gasteiger charge is -2.17. The predicted molar refractivity (Wildman–Crippen MR) is 95.7 cm³/mol. The molecule has 0 fully saturated rings. The number of hydrogen-bond acceptors (Lipinski definition) is 4. The topological polar surface area (TPSA) is 38.8 Å². The number of carbonyl (C=O) groups is 1. The molecule has 0 aliphatic carbocycles. The maximum absolute atomic E-state index is 12.4. The summed E-state index contributed by atoms with van der Waals surface area (Å²) in [5, 5.41) is 0. The summed E-state index contributed by atoms with van der Waals surface area (Å²) in [4.78, 5) is 15.3. The van der Waals surface area contributed by atoms with E-state index in [9.17, 15) is 4.79 Å². The van der Waals surface area contributed by atoms with Gasteiger partial charge in [-0.2, -0.15) is 0 Å². The first kappa shape index (κ1) is 16.7. The van der Waals surface area contributed by atoms with E-state index in [4.69, 9.17) is 9.47 Å². The zero-order valence-corrected chi connectivity index (χ0v) is 15.0. The van der Waals surface area contributed by atoms with Crippen molar-refractivity contribution in [3.8, 4) is 11.5 Å². The fraction of sp³-hybridized carbons (Fsp3) is 0.316. The summed E-state index contributed by atoms with van der Waals surface area (Å²) in [5.74, 6) is 2.06. The fourth-order valence-electron chi connectivity index (χ4n) is 2.51. The van der Waals surface area contributed by atoms with Crippen LogP contribution in [-0.2, 0) is 11.3 Å². The second-order valence-corrected chi connectivity index (χ2v) is 7.01. The summed E-state index contributed by atoms with van der Waals surface area (Å²) < 4.78 is 10.7. The van der Waals surface area contributed by atoms with Gasteiger partial charge in [-0.25, -0.2) is 0 Å². The van der Waals surface area contributed by atoms with Crippen molar-refractivity contribution in [1.29, 1.82) is 0 Å². The number of nitrogens with zero attached hydrogens (tertiary/aromatic N) is 1. The molecular weight excluding hydrogens is 322 g/mol. The van der Waals surface area contributed by atoms with Gasteiger partial charge in [0.2, 0.25) is 12.7 Å². The minimum atomic E-state index is 0.110. The molecule has 0 aromatic heterocycles. The van der Waals surface area contributed by atoms with Crippen LogP contribution in [0.3, 0.4) is 0 Å². The monoisotopic (exact) mass is 343 g/mol. The number of hydrogen-bond donors (Lipinski definition) is 0. The van der Waals surface area contributed by atoms with Gasteiger partial charge >= 0.3 is 0 Å². The number of rotatable bonds is 5. The van der Waals surface area contributed by atoms with E-state index in [1.54, 1.807) is 16.7 Å². The quantitative estimate of drug-likeness (QED) is 0.775. The van der Waals surface area contributed by atoms with Gasteiger partial charge in [-0.1, -0.05) is 23.8 Å². The molecule has 1 aliphatic rings. The third-order valence-electron chi connectivity index (χ3n) is 3.98. The molecule has 24 heavy (non-hydrogen) atoms. The maximum Gasteiger partial charge on any atom is 0.232 e.